The van der Waals surface area contributed by atoms with E-state index < -0.39 is 0 Å². The molecule has 0 aliphatic carbocycles. The fourth-order valence-electron chi connectivity index (χ4n) is 2.60. The van der Waals surface area contributed by atoms with Crippen LogP contribution in [0.15, 0.2) is 54.6 Å². The first-order chi connectivity index (χ1) is 9.83. The molecular formula is C17H18ClNO. The Labute approximate surface area is 124 Å². The van der Waals surface area contributed by atoms with Gasteiger partial charge >= 0.3 is 0 Å². The first kappa shape index (κ1) is 13.6. The topological polar surface area (TPSA) is 12.5 Å². The highest BCUT2D eigenvalue weighted by Gasteiger charge is 2.24. The van der Waals surface area contributed by atoms with Crippen molar-refractivity contribution in [2.45, 2.75) is 19.2 Å². The predicted molar refractivity (Wildman–Crippen MR) is 81.6 cm³/mol. The van der Waals surface area contributed by atoms with E-state index in [0.29, 0.717) is 0 Å². The van der Waals surface area contributed by atoms with Gasteiger partial charge in [-0.1, -0.05) is 54.1 Å². The Morgan fingerprint density at radius 3 is 2.55 bits per heavy atom. The van der Waals surface area contributed by atoms with Crippen molar-refractivity contribution in [3.8, 4) is 0 Å². The molecule has 1 fully saturated rings. The summed E-state index contributed by atoms with van der Waals surface area (Å²) in [5.41, 5.74) is 2.49. The molecule has 3 heteroatoms. The molecule has 1 saturated heterocycles. The minimum absolute atomic E-state index is 0.0289. The van der Waals surface area contributed by atoms with Crippen molar-refractivity contribution in [1.82, 2.24) is 4.90 Å². The van der Waals surface area contributed by atoms with Crippen LogP contribution in [0.2, 0.25) is 5.02 Å². The maximum Gasteiger partial charge on any atom is 0.137 e. The number of nitrogens with zero attached hydrogens (tertiary/aromatic N) is 1. The van der Waals surface area contributed by atoms with Crippen LogP contribution in [-0.4, -0.2) is 18.1 Å². The maximum atomic E-state index is 5.97. The van der Waals surface area contributed by atoms with E-state index in [1.807, 2.05) is 18.2 Å². The van der Waals surface area contributed by atoms with Crippen molar-refractivity contribution in [2.24, 2.45) is 0 Å². The first-order valence-corrected chi connectivity index (χ1v) is 7.36. The molecule has 2 aromatic carbocycles. The molecule has 0 saturated carbocycles. The highest BCUT2D eigenvalue weighted by molar-refractivity contribution is 6.30. The van der Waals surface area contributed by atoms with Gasteiger partial charge in [0.1, 0.15) is 6.23 Å². The Morgan fingerprint density at radius 1 is 1.05 bits per heavy atom. The van der Waals surface area contributed by atoms with Crippen LogP contribution in [0.5, 0.6) is 0 Å². The van der Waals surface area contributed by atoms with E-state index in [9.17, 15) is 0 Å². The van der Waals surface area contributed by atoms with Crippen LogP contribution in [0, 0.1) is 0 Å². The monoisotopic (exact) mass is 287 g/mol. The fraction of sp³-hybridized carbons (Fsp3) is 0.294. The molecular weight excluding hydrogens is 270 g/mol. The minimum atomic E-state index is 0.0289. The van der Waals surface area contributed by atoms with Crippen LogP contribution in [0.1, 0.15) is 23.8 Å². The third kappa shape index (κ3) is 3.21. The lowest BCUT2D eigenvalue weighted by molar-refractivity contribution is -0.103. The van der Waals surface area contributed by atoms with Crippen molar-refractivity contribution >= 4 is 11.6 Å². The van der Waals surface area contributed by atoms with E-state index in [2.05, 4.69) is 41.3 Å². The molecule has 2 nitrogen and oxygen atoms in total. The molecule has 0 amide bonds. The van der Waals surface area contributed by atoms with Crippen LogP contribution in [0.25, 0.3) is 0 Å². The molecule has 20 heavy (non-hydrogen) atoms. The van der Waals surface area contributed by atoms with Crippen LogP contribution in [0.3, 0.4) is 0 Å². The van der Waals surface area contributed by atoms with Gasteiger partial charge in [0, 0.05) is 18.1 Å². The minimum Gasteiger partial charge on any atom is -0.359 e. The lowest BCUT2D eigenvalue weighted by Gasteiger charge is -2.36. The molecule has 104 valence electrons. The van der Waals surface area contributed by atoms with E-state index in [1.165, 1.54) is 11.1 Å². The van der Waals surface area contributed by atoms with Gasteiger partial charge in [0.2, 0.25) is 0 Å². The molecule has 0 N–H and O–H groups in total. The fourth-order valence-corrected chi connectivity index (χ4v) is 2.73. The number of halogens is 1. The van der Waals surface area contributed by atoms with E-state index in [-0.39, 0.29) is 6.23 Å². The van der Waals surface area contributed by atoms with Gasteiger partial charge in [-0.15, -0.1) is 0 Å². The van der Waals surface area contributed by atoms with Crippen LogP contribution >= 0.6 is 11.6 Å². The van der Waals surface area contributed by atoms with Crippen molar-refractivity contribution in [3.63, 3.8) is 0 Å². The van der Waals surface area contributed by atoms with Gasteiger partial charge in [0.15, 0.2) is 0 Å². The molecule has 1 unspecified atom stereocenters. The molecule has 0 radical (unpaired) electrons. The molecule has 1 atom stereocenters. The van der Waals surface area contributed by atoms with Gasteiger partial charge < -0.3 is 4.74 Å². The van der Waals surface area contributed by atoms with Crippen molar-refractivity contribution < 1.29 is 4.74 Å². The Morgan fingerprint density at radius 2 is 1.80 bits per heavy atom. The van der Waals surface area contributed by atoms with E-state index in [1.54, 1.807) is 0 Å². The van der Waals surface area contributed by atoms with Gasteiger partial charge in [0.05, 0.1) is 6.61 Å². The number of benzene rings is 2. The van der Waals surface area contributed by atoms with Crippen molar-refractivity contribution in [2.75, 3.05) is 13.2 Å². The van der Waals surface area contributed by atoms with Crippen LogP contribution in [-0.2, 0) is 11.3 Å². The second-order valence-corrected chi connectivity index (χ2v) is 5.52. The molecule has 0 aromatic heterocycles. The Hall–Kier alpha value is -1.35. The van der Waals surface area contributed by atoms with Crippen LogP contribution in [0.4, 0.5) is 0 Å². The second-order valence-electron chi connectivity index (χ2n) is 5.08. The first-order valence-electron chi connectivity index (χ1n) is 6.98. The zero-order chi connectivity index (χ0) is 13.8. The van der Waals surface area contributed by atoms with Gasteiger partial charge in [-0.05, 0) is 29.7 Å². The van der Waals surface area contributed by atoms with Gasteiger partial charge in [-0.25, -0.2) is 0 Å². The SMILES string of the molecule is Clc1ccc(C2OCCCN2Cc2ccccc2)cc1. The summed E-state index contributed by atoms with van der Waals surface area (Å²) in [6.45, 7) is 2.79. The summed E-state index contributed by atoms with van der Waals surface area (Å²) in [6.07, 6.45) is 1.11. The molecule has 1 aliphatic heterocycles. The third-order valence-corrected chi connectivity index (χ3v) is 3.83. The smallest absolute Gasteiger partial charge is 0.137 e. The summed E-state index contributed by atoms with van der Waals surface area (Å²) in [6, 6.07) is 18.5. The number of ether oxygens (including phenoxy) is 1. The van der Waals surface area contributed by atoms with Gasteiger partial charge in [0.25, 0.3) is 0 Å². The number of hydrogen-bond acceptors (Lipinski definition) is 2. The summed E-state index contributed by atoms with van der Waals surface area (Å²) in [5, 5.41) is 0.763. The standard InChI is InChI=1S/C17H18ClNO/c18-16-9-7-15(8-10-16)17-19(11-4-12-20-17)13-14-5-2-1-3-6-14/h1-3,5-10,17H,4,11-13H2. The Kier molecular flexibility index (Phi) is 4.36. The quantitative estimate of drug-likeness (QED) is 0.836. The zero-order valence-electron chi connectivity index (χ0n) is 11.3. The molecule has 0 bridgehead atoms. The molecule has 1 aliphatic rings. The normalized spacial score (nSPS) is 19.9. The second kappa shape index (κ2) is 6.40. The van der Waals surface area contributed by atoms with Crippen LogP contribution < -0.4 is 0 Å². The molecule has 2 aromatic rings. The largest absolute Gasteiger partial charge is 0.359 e. The Bertz CT molecular complexity index is 541. The summed E-state index contributed by atoms with van der Waals surface area (Å²) >= 11 is 5.96. The summed E-state index contributed by atoms with van der Waals surface area (Å²) < 4.78 is 5.97. The molecule has 3 rings (SSSR count). The maximum absolute atomic E-state index is 5.97. The highest BCUT2D eigenvalue weighted by atomic mass is 35.5. The Balaban J connectivity index is 1.78. The predicted octanol–water partition coefficient (Wildman–Crippen LogP) is 4.26. The summed E-state index contributed by atoms with van der Waals surface area (Å²) in [4.78, 5) is 2.38. The number of hydrogen-bond donors (Lipinski definition) is 0. The number of rotatable bonds is 3. The highest BCUT2D eigenvalue weighted by Crippen LogP contribution is 2.28. The van der Waals surface area contributed by atoms with Gasteiger partial charge in [-0.3, -0.25) is 4.90 Å². The summed E-state index contributed by atoms with van der Waals surface area (Å²) in [5.74, 6) is 0. The summed E-state index contributed by atoms with van der Waals surface area (Å²) in [7, 11) is 0. The average molecular weight is 288 g/mol. The van der Waals surface area contributed by atoms with Gasteiger partial charge in [-0.2, -0.15) is 0 Å². The van der Waals surface area contributed by atoms with E-state index in [4.69, 9.17) is 16.3 Å². The van der Waals surface area contributed by atoms with Crippen molar-refractivity contribution in [3.05, 3.63) is 70.7 Å². The molecule has 0 spiro atoms. The zero-order valence-corrected chi connectivity index (χ0v) is 12.1. The lowest BCUT2D eigenvalue weighted by atomic mass is 10.1. The molecule has 1 heterocycles. The van der Waals surface area contributed by atoms with E-state index in [0.717, 1.165) is 31.1 Å². The van der Waals surface area contributed by atoms with E-state index >= 15 is 0 Å². The van der Waals surface area contributed by atoms with Crippen molar-refractivity contribution in [1.29, 1.82) is 0 Å². The average Bonchev–Trinajstić information content (AvgIpc) is 2.50. The third-order valence-electron chi connectivity index (χ3n) is 3.58. The lowest BCUT2D eigenvalue weighted by Crippen LogP contribution is -2.36.